The van der Waals surface area contributed by atoms with Gasteiger partial charge in [0.1, 0.15) is 0 Å². The molecule has 0 saturated carbocycles. The van der Waals surface area contributed by atoms with Gasteiger partial charge in [-0.1, -0.05) is 29.4 Å². The minimum Gasteiger partial charge on any atom is -0.295 e. The van der Waals surface area contributed by atoms with Crippen molar-refractivity contribution in [2.75, 3.05) is 5.75 Å². The first-order valence-electron chi connectivity index (χ1n) is 5.02. The van der Waals surface area contributed by atoms with Gasteiger partial charge < -0.3 is 0 Å². The summed E-state index contributed by atoms with van der Waals surface area (Å²) in [5.74, 6) is 0.386. The van der Waals surface area contributed by atoms with Crippen LogP contribution in [0.3, 0.4) is 0 Å². The Kier molecular flexibility index (Phi) is 3.72. The Morgan fingerprint density at radius 3 is 3.12 bits per heavy atom. The van der Waals surface area contributed by atoms with Crippen molar-refractivity contribution in [3.05, 3.63) is 41.2 Å². The van der Waals surface area contributed by atoms with Crippen LogP contribution in [0.5, 0.6) is 0 Å². The van der Waals surface area contributed by atoms with Gasteiger partial charge in [-0.05, 0) is 24.6 Å². The lowest BCUT2D eigenvalue weighted by Gasteiger charge is -2.10. The van der Waals surface area contributed by atoms with Crippen LogP contribution in [0.2, 0.25) is 5.02 Å². The Morgan fingerprint density at radius 1 is 1.53 bits per heavy atom. The van der Waals surface area contributed by atoms with Gasteiger partial charge in [0.2, 0.25) is 0 Å². The van der Waals surface area contributed by atoms with E-state index < -0.39 is 0 Å². The first-order chi connectivity index (χ1) is 8.24. The second-order valence-corrected chi connectivity index (χ2v) is 4.76. The quantitative estimate of drug-likeness (QED) is 0.797. The van der Waals surface area contributed by atoms with E-state index in [2.05, 4.69) is 11.1 Å². The van der Waals surface area contributed by atoms with E-state index in [0.29, 0.717) is 5.75 Å². The van der Waals surface area contributed by atoms with Crippen LogP contribution in [0.4, 0.5) is 0 Å². The summed E-state index contributed by atoms with van der Waals surface area (Å²) < 4.78 is 1.95. The van der Waals surface area contributed by atoms with Gasteiger partial charge in [-0.25, -0.2) is 4.98 Å². The highest BCUT2D eigenvalue weighted by atomic mass is 35.5. The summed E-state index contributed by atoms with van der Waals surface area (Å²) in [7, 11) is 0. The predicted molar refractivity (Wildman–Crippen MR) is 69.6 cm³/mol. The molecule has 0 N–H and O–H groups in total. The van der Waals surface area contributed by atoms with E-state index >= 15 is 0 Å². The Hall–Kier alpha value is -1.44. The van der Waals surface area contributed by atoms with Gasteiger partial charge in [0.25, 0.3) is 0 Å². The molecule has 0 radical (unpaired) electrons. The molecule has 0 atom stereocenters. The average molecular weight is 264 g/mol. The lowest BCUT2D eigenvalue weighted by molar-refractivity contribution is 0.889. The van der Waals surface area contributed by atoms with E-state index in [9.17, 15) is 0 Å². The fraction of sp³-hybridized carbons (Fsp3) is 0.167. The Balaban J connectivity index is 2.43. The molecule has 5 heteroatoms. The van der Waals surface area contributed by atoms with E-state index in [1.165, 1.54) is 11.8 Å². The molecule has 0 fully saturated rings. The van der Waals surface area contributed by atoms with Crippen LogP contribution in [0.25, 0.3) is 5.69 Å². The molecule has 1 aromatic carbocycles. The second kappa shape index (κ2) is 5.26. The molecule has 0 spiro atoms. The van der Waals surface area contributed by atoms with Gasteiger partial charge in [0, 0.05) is 17.4 Å². The topological polar surface area (TPSA) is 41.6 Å². The smallest absolute Gasteiger partial charge is 0.173 e. The summed E-state index contributed by atoms with van der Waals surface area (Å²) in [5.41, 5.74) is 2.00. The molecule has 0 unspecified atom stereocenters. The summed E-state index contributed by atoms with van der Waals surface area (Å²) in [6.45, 7) is 1.97. The summed E-state index contributed by atoms with van der Waals surface area (Å²) in [4.78, 5) is 4.23. The van der Waals surface area contributed by atoms with E-state index in [0.717, 1.165) is 21.4 Å². The van der Waals surface area contributed by atoms with Gasteiger partial charge >= 0.3 is 0 Å². The number of hydrogen-bond donors (Lipinski definition) is 0. The highest BCUT2D eigenvalue weighted by molar-refractivity contribution is 7.99. The fourth-order valence-electron chi connectivity index (χ4n) is 1.53. The van der Waals surface area contributed by atoms with Crippen molar-refractivity contribution in [2.45, 2.75) is 12.1 Å². The van der Waals surface area contributed by atoms with Crippen LogP contribution in [-0.4, -0.2) is 15.3 Å². The van der Waals surface area contributed by atoms with E-state index in [4.69, 9.17) is 16.9 Å². The molecule has 0 bridgehead atoms. The Morgan fingerprint density at radius 2 is 2.35 bits per heavy atom. The van der Waals surface area contributed by atoms with Gasteiger partial charge in [-0.3, -0.25) is 4.57 Å². The molecule has 1 aromatic heterocycles. The molecule has 0 amide bonds. The summed E-state index contributed by atoms with van der Waals surface area (Å²) in [5, 5.41) is 10.1. The molecule has 0 aliphatic carbocycles. The van der Waals surface area contributed by atoms with Crippen molar-refractivity contribution >= 4 is 23.4 Å². The number of benzene rings is 1. The maximum Gasteiger partial charge on any atom is 0.173 e. The third-order valence-electron chi connectivity index (χ3n) is 2.37. The van der Waals surface area contributed by atoms with Crippen LogP contribution in [0.1, 0.15) is 5.56 Å². The lowest BCUT2D eigenvalue weighted by Crippen LogP contribution is -1.98. The molecule has 17 heavy (non-hydrogen) atoms. The lowest BCUT2D eigenvalue weighted by atomic mass is 10.2. The third-order valence-corrected chi connectivity index (χ3v) is 3.61. The minimum atomic E-state index is 0.386. The van der Waals surface area contributed by atoms with Crippen LogP contribution in [-0.2, 0) is 0 Å². The SMILES string of the molecule is Cc1c(Cl)cccc1-n1ccnc1SCC#N. The molecule has 0 saturated heterocycles. The summed E-state index contributed by atoms with van der Waals surface area (Å²) in [6, 6.07) is 7.85. The molecular formula is C12H10ClN3S. The highest BCUT2D eigenvalue weighted by Crippen LogP contribution is 2.26. The van der Waals surface area contributed by atoms with Crippen LogP contribution in [0, 0.1) is 18.3 Å². The third kappa shape index (κ3) is 2.46. The molecule has 2 aromatic rings. The number of nitriles is 1. The molecular weight excluding hydrogens is 254 g/mol. The predicted octanol–water partition coefficient (Wildman–Crippen LogP) is 3.45. The van der Waals surface area contributed by atoms with Crippen molar-refractivity contribution in [3.63, 3.8) is 0 Å². The monoisotopic (exact) mass is 263 g/mol. The van der Waals surface area contributed by atoms with Crippen molar-refractivity contribution < 1.29 is 0 Å². The Labute approximate surface area is 109 Å². The second-order valence-electron chi connectivity index (χ2n) is 3.41. The van der Waals surface area contributed by atoms with Gasteiger partial charge in [0.05, 0.1) is 17.5 Å². The largest absolute Gasteiger partial charge is 0.295 e. The standard InChI is InChI=1S/C12H10ClN3S/c1-9-10(13)3-2-4-11(9)16-7-6-15-12(16)17-8-5-14/h2-4,6-7H,8H2,1H3. The maximum atomic E-state index is 8.60. The normalized spacial score (nSPS) is 10.2. The van der Waals surface area contributed by atoms with Crippen LogP contribution >= 0.6 is 23.4 Å². The fourth-order valence-corrected chi connectivity index (χ4v) is 2.33. The molecule has 2 rings (SSSR count). The average Bonchev–Trinajstić information content (AvgIpc) is 2.78. The van der Waals surface area contributed by atoms with Gasteiger partial charge in [-0.15, -0.1) is 0 Å². The number of halogens is 1. The van der Waals surface area contributed by atoms with Crippen LogP contribution < -0.4 is 0 Å². The zero-order chi connectivity index (χ0) is 12.3. The van der Waals surface area contributed by atoms with E-state index in [1.54, 1.807) is 6.20 Å². The molecule has 86 valence electrons. The molecule has 0 aliphatic heterocycles. The highest BCUT2D eigenvalue weighted by Gasteiger charge is 2.09. The summed E-state index contributed by atoms with van der Waals surface area (Å²) >= 11 is 7.51. The number of rotatable bonds is 3. The zero-order valence-electron chi connectivity index (χ0n) is 9.22. The van der Waals surface area contributed by atoms with E-state index in [1.807, 2.05) is 35.9 Å². The molecule has 1 heterocycles. The Bertz CT molecular complexity index is 571. The number of aromatic nitrogens is 2. The van der Waals surface area contributed by atoms with Crippen LogP contribution in [0.15, 0.2) is 35.7 Å². The molecule has 0 aliphatic rings. The number of nitrogens with zero attached hydrogens (tertiary/aromatic N) is 3. The first kappa shape index (κ1) is 12.0. The van der Waals surface area contributed by atoms with E-state index in [-0.39, 0.29) is 0 Å². The number of thioether (sulfide) groups is 1. The minimum absolute atomic E-state index is 0.386. The van der Waals surface area contributed by atoms with Crippen molar-refractivity contribution in [3.8, 4) is 11.8 Å². The molecule has 3 nitrogen and oxygen atoms in total. The van der Waals surface area contributed by atoms with Crippen molar-refractivity contribution in [1.82, 2.24) is 9.55 Å². The van der Waals surface area contributed by atoms with Gasteiger partial charge in [-0.2, -0.15) is 5.26 Å². The van der Waals surface area contributed by atoms with Crippen molar-refractivity contribution in [2.24, 2.45) is 0 Å². The maximum absolute atomic E-state index is 8.60. The first-order valence-corrected chi connectivity index (χ1v) is 6.39. The zero-order valence-corrected chi connectivity index (χ0v) is 10.8. The number of hydrogen-bond acceptors (Lipinski definition) is 3. The van der Waals surface area contributed by atoms with Gasteiger partial charge in [0.15, 0.2) is 5.16 Å². The number of imidazole rings is 1. The summed E-state index contributed by atoms with van der Waals surface area (Å²) in [6.07, 6.45) is 3.60. The van der Waals surface area contributed by atoms with Crippen molar-refractivity contribution in [1.29, 1.82) is 5.26 Å².